The van der Waals surface area contributed by atoms with E-state index >= 15 is 4.39 Å². The average Bonchev–Trinajstić information content (AvgIpc) is 3.19. The van der Waals surface area contributed by atoms with Crippen molar-refractivity contribution in [2.24, 2.45) is 0 Å². The summed E-state index contributed by atoms with van der Waals surface area (Å²) in [6.07, 6.45) is 0. The maximum Gasteiger partial charge on any atom is 0.286 e. The number of rotatable bonds is 4. The van der Waals surface area contributed by atoms with Gasteiger partial charge in [0.15, 0.2) is 5.65 Å². The van der Waals surface area contributed by atoms with Gasteiger partial charge in [-0.2, -0.15) is 9.97 Å². The minimum Gasteiger partial charge on any atom is -0.369 e. The third-order valence-corrected chi connectivity index (χ3v) is 7.33. The molecule has 11 heteroatoms. The molecule has 4 aromatic rings. The minimum absolute atomic E-state index is 0.0414. The molecule has 2 aromatic heterocycles. The van der Waals surface area contributed by atoms with Crippen molar-refractivity contribution in [3.63, 3.8) is 0 Å². The van der Waals surface area contributed by atoms with Crippen molar-refractivity contribution >= 4 is 45.9 Å². The Balaban J connectivity index is 1.45. The second-order valence-electron chi connectivity index (χ2n) is 10.5. The molecule has 9 nitrogen and oxygen atoms in total. The highest BCUT2D eigenvalue weighted by Crippen LogP contribution is 2.36. The van der Waals surface area contributed by atoms with Gasteiger partial charge in [-0.05, 0) is 57.3 Å². The number of piperazine rings is 1. The molecular weight excluding hydrogens is 507 g/mol. The quantitative estimate of drug-likeness (QED) is 0.399. The van der Waals surface area contributed by atoms with E-state index in [1.807, 2.05) is 30.5 Å². The van der Waals surface area contributed by atoms with Crippen LogP contribution >= 0.6 is 11.6 Å². The summed E-state index contributed by atoms with van der Waals surface area (Å²) in [7, 11) is 2.13. The van der Waals surface area contributed by atoms with Crippen LogP contribution in [0.1, 0.15) is 13.8 Å². The molecule has 1 saturated heterocycles. The van der Waals surface area contributed by atoms with Crippen molar-refractivity contribution < 1.29 is 4.39 Å². The fourth-order valence-electron chi connectivity index (χ4n) is 5.05. The van der Waals surface area contributed by atoms with Gasteiger partial charge in [-0.3, -0.25) is 9.36 Å². The zero-order valence-electron chi connectivity index (χ0n) is 21.4. The van der Waals surface area contributed by atoms with Crippen molar-refractivity contribution in [2.75, 3.05) is 48.8 Å². The Bertz CT molecular complexity index is 1580. The summed E-state index contributed by atoms with van der Waals surface area (Å²) in [6, 6.07) is 12.4. The first-order chi connectivity index (χ1) is 18.2. The summed E-state index contributed by atoms with van der Waals surface area (Å²) >= 11 is 6.42. The molecule has 6 rings (SSSR count). The molecule has 0 radical (unpaired) electrons. The molecule has 0 bridgehead atoms. The molecule has 0 unspecified atom stereocenters. The van der Waals surface area contributed by atoms with Crippen LogP contribution in [-0.2, 0) is 6.54 Å². The lowest BCUT2D eigenvalue weighted by molar-refractivity contribution is 0.313. The summed E-state index contributed by atoms with van der Waals surface area (Å²) in [6.45, 7) is 8.54. The molecular formula is C27H28ClFN8O. The van der Waals surface area contributed by atoms with Gasteiger partial charge in [0.05, 0.1) is 28.4 Å². The molecule has 38 heavy (non-hydrogen) atoms. The zero-order valence-corrected chi connectivity index (χ0v) is 22.2. The van der Waals surface area contributed by atoms with Crippen molar-refractivity contribution in [3.8, 4) is 11.3 Å². The van der Waals surface area contributed by atoms with Gasteiger partial charge < -0.3 is 20.4 Å². The van der Waals surface area contributed by atoms with Crippen LogP contribution in [0.5, 0.6) is 0 Å². The number of hydrogen-bond donors (Lipinski definition) is 2. The first-order valence-corrected chi connectivity index (χ1v) is 12.9. The highest BCUT2D eigenvalue weighted by atomic mass is 35.5. The standard InChI is InChI=1S/C27H28ClFN8O/c1-27(2)15-37-23-21(24(38)33-26(37)34-27)22(20-18(28)5-4-6-19(20)29)31-25(32-23)30-16-7-9-17(10-8-16)36-13-11-35(3)12-14-36/h4-10H,11-15H2,1-3H3,(H,30,31,32)(H,33,34,38). The van der Waals surface area contributed by atoms with Gasteiger partial charge in [0, 0.05) is 37.6 Å². The maximum atomic E-state index is 15.1. The lowest BCUT2D eigenvalue weighted by Gasteiger charge is -2.34. The Morgan fingerprint density at radius 2 is 1.76 bits per heavy atom. The molecule has 0 spiro atoms. The molecule has 196 valence electrons. The van der Waals surface area contributed by atoms with E-state index in [1.165, 1.54) is 12.1 Å². The van der Waals surface area contributed by atoms with Gasteiger partial charge in [-0.15, -0.1) is 0 Å². The lowest BCUT2D eigenvalue weighted by atomic mass is 10.1. The zero-order chi connectivity index (χ0) is 26.6. The molecule has 0 aliphatic carbocycles. The van der Waals surface area contributed by atoms with E-state index in [0.717, 1.165) is 37.6 Å². The Morgan fingerprint density at radius 1 is 1.03 bits per heavy atom. The monoisotopic (exact) mass is 534 g/mol. The van der Waals surface area contributed by atoms with Crippen LogP contribution < -0.4 is 21.1 Å². The van der Waals surface area contributed by atoms with Gasteiger partial charge in [-0.25, -0.2) is 9.37 Å². The number of likely N-dealkylation sites (N-methyl/N-ethyl adjacent to an activating group) is 1. The molecule has 4 heterocycles. The predicted octanol–water partition coefficient (Wildman–Crippen LogP) is 4.35. The smallest absolute Gasteiger partial charge is 0.286 e. The fourth-order valence-corrected chi connectivity index (χ4v) is 5.30. The van der Waals surface area contributed by atoms with Gasteiger partial charge in [0.25, 0.3) is 5.56 Å². The van der Waals surface area contributed by atoms with Gasteiger partial charge >= 0.3 is 0 Å². The third kappa shape index (κ3) is 4.43. The molecule has 2 aliphatic heterocycles. The van der Waals surface area contributed by atoms with E-state index in [4.69, 9.17) is 16.6 Å². The molecule has 0 amide bonds. The van der Waals surface area contributed by atoms with Crippen LogP contribution in [0.3, 0.4) is 0 Å². The number of aromatic nitrogens is 4. The van der Waals surface area contributed by atoms with E-state index in [2.05, 4.69) is 49.6 Å². The number of benzene rings is 2. The summed E-state index contributed by atoms with van der Waals surface area (Å²) in [4.78, 5) is 31.4. The van der Waals surface area contributed by atoms with Crippen LogP contribution in [0.15, 0.2) is 47.3 Å². The summed E-state index contributed by atoms with van der Waals surface area (Å²) in [5, 5.41) is 6.77. The normalized spacial score (nSPS) is 16.9. The highest BCUT2D eigenvalue weighted by Gasteiger charge is 2.32. The van der Waals surface area contributed by atoms with Crippen molar-refractivity contribution in [1.82, 2.24) is 24.4 Å². The van der Waals surface area contributed by atoms with E-state index in [-0.39, 0.29) is 33.2 Å². The predicted molar refractivity (Wildman–Crippen MR) is 149 cm³/mol. The van der Waals surface area contributed by atoms with E-state index in [9.17, 15) is 4.79 Å². The van der Waals surface area contributed by atoms with Crippen LogP contribution in [0.25, 0.3) is 22.3 Å². The molecule has 1 fully saturated rings. The topological polar surface area (TPSA) is 91.2 Å². The molecule has 2 aliphatic rings. The number of anilines is 4. The summed E-state index contributed by atoms with van der Waals surface area (Å²) in [5.74, 6) is 0.0618. The second-order valence-corrected chi connectivity index (χ2v) is 10.9. The molecule has 0 saturated carbocycles. The molecule has 2 aromatic carbocycles. The van der Waals surface area contributed by atoms with Crippen molar-refractivity contribution in [1.29, 1.82) is 0 Å². The van der Waals surface area contributed by atoms with Gasteiger partial charge in [0.1, 0.15) is 11.2 Å². The van der Waals surface area contributed by atoms with E-state index < -0.39 is 11.4 Å². The first-order valence-electron chi connectivity index (χ1n) is 12.5. The highest BCUT2D eigenvalue weighted by molar-refractivity contribution is 6.33. The summed E-state index contributed by atoms with van der Waals surface area (Å²) in [5.41, 5.74) is 1.53. The Labute approximate surface area is 224 Å². The number of nitrogens with zero attached hydrogens (tertiary/aromatic N) is 6. The van der Waals surface area contributed by atoms with Crippen LogP contribution in [-0.4, -0.2) is 63.2 Å². The largest absolute Gasteiger partial charge is 0.369 e. The Kier molecular flexibility index (Phi) is 5.96. The first kappa shape index (κ1) is 24.6. The number of nitrogens with one attached hydrogen (secondary N) is 2. The van der Waals surface area contributed by atoms with Crippen LogP contribution in [0, 0.1) is 5.82 Å². The van der Waals surface area contributed by atoms with E-state index in [1.54, 1.807) is 6.07 Å². The van der Waals surface area contributed by atoms with Crippen LogP contribution in [0.2, 0.25) is 5.02 Å². The maximum absolute atomic E-state index is 15.1. The van der Waals surface area contributed by atoms with Crippen molar-refractivity contribution in [3.05, 3.63) is 63.7 Å². The molecule has 0 atom stereocenters. The number of fused-ring (bicyclic) bond motifs is 3. The molecule has 2 N–H and O–H groups in total. The SMILES string of the molecule is CN1CCN(c2ccc(Nc3nc(-c4c(F)cccc4Cl)c4c(=O)nc5n(c4n3)CC(C)(C)N5)cc2)CC1. The summed E-state index contributed by atoms with van der Waals surface area (Å²) < 4.78 is 16.9. The Hall–Kier alpha value is -3.76. The number of hydrogen-bond acceptors (Lipinski definition) is 8. The lowest BCUT2D eigenvalue weighted by Crippen LogP contribution is -2.44. The van der Waals surface area contributed by atoms with Gasteiger partial charge in [-0.1, -0.05) is 17.7 Å². The van der Waals surface area contributed by atoms with Crippen molar-refractivity contribution in [2.45, 2.75) is 25.9 Å². The number of halogens is 2. The third-order valence-electron chi connectivity index (χ3n) is 7.02. The second kappa shape index (κ2) is 9.21. The minimum atomic E-state index is -0.580. The van der Waals surface area contributed by atoms with E-state index in [0.29, 0.717) is 18.1 Å². The van der Waals surface area contributed by atoms with Crippen LogP contribution in [0.4, 0.5) is 27.7 Å². The van der Waals surface area contributed by atoms with Gasteiger partial charge in [0.2, 0.25) is 11.9 Å². The fraction of sp³-hybridized carbons (Fsp3) is 0.333. The Morgan fingerprint density at radius 3 is 2.47 bits per heavy atom. The average molecular weight is 535 g/mol.